The molecule has 7 heteroatoms. The van der Waals surface area contributed by atoms with E-state index in [2.05, 4.69) is 4.98 Å². The summed E-state index contributed by atoms with van der Waals surface area (Å²) in [6.07, 6.45) is 6.13. The molecule has 6 nitrogen and oxygen atoms in total. The first-order chi connectivity index (χ1) is 9.50. The number of hydrogen-bond donors (Lipinski definition) is 0. The number of imidazole rings is 1. The van der Waals surface area contributed by atoms with Gasteiger partial charge in [-0.1, -0.05) is 0 Å². The summed E-state index contributed by atoms with van der Waals surface area (Å²) in [4.78, 5) is 17.7. The lowest BCUT2D eigenvalue weighted by Crippen LogP contribution is -2.43. The van der Waals surface area contributed by atoms with Gasteiger partial charge in [0.1, 0.15) is 0 Å². The van der Waals surface area contributed by atoms with Gasteiger partial charge in [0, 0.05) is 38.4 Å². The Morgan fingerprint density at radius 1 is 1.25 bits per heavy atom. The molecule has 0 radical (unpaired) electrons. The molecule has 110 valence electrons. The van der Waals surface area contributed by atoms with Crippen LogP contribution in [0.25, 0.3) is 0 Å². The summed E-state index contributed by atoms with van der Waals surface area (Å²) in [5, 5.41) is -0.295. The Hall–Kier alpha value is -1.37. The number of rotatable bonds is 3. The highest BCUT2D eigenvalue weighted by Crippen LogP contribution is 2.32. The number of aryl methyl sites for hydroxylation is 1. The van der Waals surface area contributed by atoms with Gasteiger partial charge in [-0.3, -0.25) is 4.79 Å². The second kappa shape index (κ2) is 4.87. The summed E-state index contributed by atoms with van der Waals surface area (Å²) in [6, 6.07) is 0. The summed E-state index contributed by atoms with van der Waals surface area (Å²) >= 11 is 0. The fourth-order valence-electron chi connectivity index (χ4n) is 2.75. The summed E-state index contributed by atoms with van der Waals surface area (Å²) in [6.45, 7) is 1.09. The van der Waals surface area contributed by atoms with E-state index >= 15 is 0 Å². The molecule has 20 heavy (non-hydrogen) atoms. The zero-order chi connectivity index (χ0) is 14.3. The molecule has 1 saturated carbocycles. The van der Waals surface area contributed by atoms with Crippen molar-refractivity contribution in [1.82, 2.24) is 14.5 Å². The number of carbonyl (C=O) groups is 1. The highest BCUT2D eigenvalue weighted by molar-refractivity contribution is 7.91. The molecule has 0 atom stereocenters. The molecule has 1 saturated heterocycles. The molecule has 0 unspecified atom stereocenters. The third-order valence-electron chi connectivity index (χ3n) is 4.15. The summed E-state index contributed by atoms with van der Waals surface area (Å²) < 4.78 is 26.5. The first-order valence-electron chi connectivity index (χ1n) is 7.00. The van der Waals surface area contributed by atoms with Crippen LogP contribution in [0.15, 0.2) is 17.6 Å². The van der Waals surface area contributed by atoms with Gasteiger partial charge in [0.15, 0.2) is 0 Å². The van der Waals surface area contributed by atoms with Crippen molar-refractivity contribution in [3.63, 3.8) is 0 Å². The van der Waals surface area contributed by atoms with E-state index in [4.69, 9.17) is 0 Å². The van der Waals surface area contributed by atoms with E-state index in [1.807, 2.05) is 4.90 Å². The Morgan fingerprint density at radius 2 is 1.90 bits per heavy atom. The number of sulfone groups is 1. The van der Waals surface area contributed by atoms with Crippen molar-refractivity contribution in [3.05, 3.63) is 12.4 Å². The first kappa shape index (κ1) is 13.6. The van der Waals surface area contributed by atoms with Gasteiger partial charge in [0.2, 0.25) is 20.9 Å². The monoisotopic (exact) mass is 297 g/mol. The Labute approximate surface area is 118 Å². The second-order valence-electron chi connectivity index (χ2n) is 5.66. The molecule has 0 spiro atoms. The van der Waals surface area contributed by atoms with Crippen LogP contribution < -0.4 is 0 Å². The van der Waals surface area contributed by atoms with Crippen LogP contribution in [0.2, 0.25) is 0 Å². The largest absolute Gasteiger partial charge is 0.342 e. The number of carbonyl (C=O) groups excluding carboxylic acids is 1. The lowest BCUT2D eigenvalue weighted by atomic mass is 10.1. The predicted octanol–water partition coefficient (Wildman–Crippen LogP) is 0.595. The van der Waals surface area contributed by atoms with Gasteiger partial charge in [0.05, 0.1) is 5.25 Å². The summed E-state index contributed by atoms with van der Waals surface area (Å²) in [5.41, 5.74) is 0. The normalized spacial score (nSPS) is 21.1. The van der Waals surface area contributed by atoms with Crippen molar-refractivity contribution >= 4 is 15.7 Å². The second-order valence-corrected chi connectivity index (χ2v) is 7.79. The summed E-state index contributed by atoms with van der Waals surface area (Å²) in [5.74, 6) is 0.413. The Balaban J connectivity index is 1.68. The Kier molecular flexibility index (Phi) is 3.32. The average molecular weight is 297 g/mol. The molecular formula is C13H19N3O3S. The van der Waals surface area contributed by atoms with E-state index in [0.717, 1.165) is 12.8 Å². The van der Waals surface area contributed by atoms with Crippen LogP contribution in [0.4, 0.5) is 0 Å². The number of piperidine rings is 1. The topological polar surface area (TPSA) is 72.3 Å². The predicted molar refractivity (Wildman–Crippen MR) is 72.7 cm³/mol. The van der Waals surface area contributed by atoms with Gasteiger partial charge in [-0.15, -0.1) is 0 Å². The minimum Gasteiger partial charge on any atom is -0.342 e. The van der Waals surface area contributed by atoms with Crippen LogP contribution in [-0.2, 0) is 21.7 Å². The molecule has 1 aliphatic carbocycles. The SMILES string of the molecule is Cn1ccnc1S(=O)(=O)C1CCN(C(=O)C2CC2)CC1. The van der Waals surface area contributed by atoms with Gasteiger partial charge in [0.25, 0.3) is 0 Å². The fourth-order valence-corrected chi connectivity index (χ4v) is 4.55. The van der Waals surface area contributed by atoms with Gasteiger partial charge in [-0.05, 0) is 25.7 Å². The molecule has 1 aromatic heterocycles. The number of amides is 1. The maximum absolute atomic E-state index is 12.5. The van der Waals surface area contributed by atoms with Crippen LogP contribution in [0.1, 0.15) is 25.7 Å². The molecule has 2 aliphatic rings. The van der Waals surface area contributed by atoms with E-state index < -0.39 is 15.1 Å². The van der Waals surface area contributed by atoms with Crippen LogP contribution in [0.5, 0.6) is 0 Å². The van der Waals surface area contributed by atoms with Crippen molar-refractivity contribution < 1.29 is 13.2 Å². The molecule has 1 aliphatic heterocycles. The van der Waals surface area contributed by atoms with Crippen LogP contribution >= 0.6 is 0 Å². The average Bonchev–Trinajstić information content (AvgIpc) is 3.20. The van der Waals surface area contributed by atoms with E-state index in [1.54, 1.807) is 13.2 Å². The highest BCUT2D eigenvalue weighted by atomic mass is 32.2. The molecular weight excluding hydrogens is 278 g/mol. The van der Waals surface area contributed by atoms with E-state index in [1.165, 1.54) is 10.8 Å². The Morgan fingerprint density at radius 3 is 2.40 bits per heavy atom. The fraction of sp³-hybridized carbons (Fsp3) is 0.692. The molecule has 0 bridgehead atoms. The number of hydrogen-bond acceptors (Lipinski definition) is 4. The van der Waals surface area contributed by atoms with Crippen molar-refractivity contribution in [1.29, 1.82) is 0 Å². The van der Waals surface area contributed by atoms with Crippen molar-refractivity contribution in [2.75, 3.05) is 13.1 Å². The number of nitrogens with zero attached hydrogens (tertiary/aromatic N) is 3. The number of likely N-dealkylation sites (tertiary alicyclic amines) is 1. The van der Waals surface area contributed by atoms with Crippen LogP contribution in [-0.4, -0.2) is 47.1 Å². The lowest BCUT2D eigenvalue weighted by Gasteiger charge is -2.31. The summed E-state index contributed by atoms with van der Waals surface area (Å²) in [7, 11) is -1.70. The van der Waals surface area contributed by atoms with Crippen LogP contribution in [0.3, 0.4) is 0 Å². The van der Waals surface area contributed by atoms with Gasteiger partial charge in [-0.25, -0.2) is 13.4 Å². The third-order valence-corrected chi connectivity index (χ3v) is 6.40. The molecule has 1 aromatic rings. The molecule has 0 aromatic carbocycles. The van der Waals surface area contributed by atoms with E-state index in [-0.39, 0.29) is 17.0 Å². The van der Waals surface area contributed by atoms with Gasteiger partial charge < -0.3 is 9.47 Å². The first-order valence-corrected chi connectivity index (χ1v) is 8.55. The maximum atomic E-state index is 12.5. The molecule has 3 rings (SSSR count). The van der Waals surface area contributed by atoms with E-state index in [9.17, 15) is 13.2 Å². The van der Waals surface area contributed by atoms with Gasteiger partial charge >= 0.3 is 0 Å². The lowest BCUT2D eigenvalue weighted by molar-refractivity contribution is -0.133. The molecule has 2 fully saturated rings. The Bertz CT molecular complexity index is 611. The van der Waals surface area contributed by atoms with Crippen molar-refractivity contribution in [2.45, 2.75) is 36.1 Å². The third kappa shape index (κ3) is 2.34. The maximum Gasteiger partial charge on any atom is 0.227 e. The molecule has 2 heterocycles. The van der Waals surface area contributed by atoms with Gasteiger partial charge in [-0.2, -0.15) is 0 Å². The standard InChI is InChI=1S/C13H19N3O3S/c1-15-9-6-14-13(15)20(18,19)11-4-7-16(8-5-11)12(17)10-2-3-10/h6,9-11H,2-5,7-8H2,1H3. The molecule has 0 N–H and O–H groups in total. The van der Waals surface area contributed by atoms with Crippen LogP contribution in [0, 0.1) is 5.92 Å². The minimum absolute atomic E-state index is 0.129. The minimum atomic E-state index is -3.39. The van der Waals surface area contributed by atoms with E-state index in [0.29, 0.717) is 25.9 Å². The number of aromatic nitrogens is 2. The smallest absolute Gasteiger partial charge is 0.227 e. The molecule has 1 amide bonds. The quantitative estimate of drug-likeness (QED) is 0.819. The van der Waals surface area contributed by atoms with Crippen molar-refractivity contribution in [3.8, 4) is 0 Å². The highest BCUT2D eigenvalue weighted by Gasteiger charge is 2.38. The zero-order valence-corrected chi connectivity index (χ0v) is 12.3. The van der Waals surface area contributed by atoms with Crippen molar-refractivity contribution in [2.24, 2.45) is 13.0 Å². The zero-order valence-electron chi connectivity index (χ0n) is 11.5.